The average Bonchev–Trinajstić information content (AvgIpc) is 2.36. The number of nitrogens with two attached hydrogens (primary N) is 1. The molecule has 0 fully saturated rings. The summed E-state index contributed by atoms with van der Waals surface area (Å²) in [5.41, 5.74) is 6.65. The molecule has 0 heterocycles. The third-order valence-corrected chi connectivity index (χ3v) is 2.99. The maximum Gasteiger partial charge on any atom is 0.320 e. The van der Waals surface area contributed by atoms with Crippen LogP contribution >= 0.6 is 0 Å². The molecule has 106 valence electrons. The average molecular weight is 266 g/mol. The smallest absolute Gasteiger partial charge is 0.320 e. The number of hydrogen-bond donors (Lipinski definition) is 2. The van der Waals surface area contributed by atoms with Crippen LogP contribution in [0.2, 0.25) is 0 Å². The predicted octanol–water partition coefficient (Wildman–Crippen LogP) is 1.49. The number of carbonyl (C=O) groups is 1. The van der Waals surface area contributed by atoms with Gasteiger partial charge in [0.2, 0.25) is 0 Å². The summed E-state index contributed by atoms with van der Waals surface area (Å²) in [6.07, 6.45) is 0.371. The van der Waals surface area contributed by atoms with E-state index in [0.717, 1.165) is 11.3 Å². The van der Waals surface area contributed by atoms with Gasteiger partial charge in [-0.05, 0) is 45.1 Å². The molecule has 0 amide bonds. The molecular formula is C14H22N2O3. The fraction of sp³-hybridized carbons (Fsp3) is 0.500. The minimum Gasteiger partial charge on any atom is -0.494 e. The quantitative estimate of drug-likeness (QED) is 0.782. The summed E-state index contributed by atoms with van der Waals surface area (Å²) in [6, 6.07) is 6.79. The first-order chi connectivity index (χ1) is 8.95. The van der Waals surface area contributed by atoms with E-state index in [1.54, 1.807) is 0 Å². The summed E-state index contributed by atoms with van der Waals surface area (Å²) in [5.74, 6) is -0.163. The summed E-state index contributed by atoms with van der Waals surface area (Å²) in [5, 5.41) is 8.91. The van der Waals surface area contributed by atoms with E-state index in [0.29, 0.717) is 13.0 Å². The van der Waals surface area contributed by atoms with Crippen molar-refractivity contribution in [3.63, 3.8) is 0 Å². The van der Waals surface area contributed by atoms with Crippen LogP contribution in [0.25, 0.3) is 0 Å². The molecule has 0 aliphatic rings. The molecule has 5 nitrogen and oxygen atoms in total. The van der Waals surface area contributed by atoms with Crippen molar-refractivity contribution in [2.45, 2.75) is 25.4 Å². The van der Waals surface area contributed by atoms with E-state index >= 15 is 0 Å². The summed E-state index contributed by atoms with van der Waals surface area (Å²) in [7, 11) is 3.82. The molecule has 0 saturated carbocycles. The van der Waals surface area contributed by atoms with Crippen molar-refractivity contribution < 1.29 is 14.6 Å². The zero-order valence-electron chi connectivity index (χ0n) is 11.7. The molecule has 2 unspecified atom stereocenters. The van der Waals surface area contributed by atoms with Crippen molar-refractivity contribution in [3.8, 4) is 5.75 Å². The Hall–Kier alpha value is -1.59. The molecule has 1 rings (SSSR count). The lowest BCUT2D eigenvalue weighted by molar-refractivity contribution is -0.139. The van der Waals surface area contributed by atoms with Crippen LogP contribution in [0.5, 0.6) is 5.75 Å². The zero-order chi connectivity index (χ0) is 14.4. The fourth-order valence-corrected chi connectivity index (χ4v) is 1.94. The lowest BCUT2D eigenvalue weighted by Crippen LogP contribution is -2.35. The molecule has 2 atom stereocenters. The molecule has 5 heteroatoms. The number of carboxylic acids is 1. The molecule has 3 N–H and O–H groups in total. The van der Waals surface area contributed by atoms with Gasteiger partial charge in [-0.25, -0.2) is 0 Å². The lowest BCUT2D eigenvalue weighted by atomic mass is 9.98. The number of aliphatic carboxylic acids is 1. The van der Waals surface area contributed by atoms with Gasteiger partial charge in [0.1, 0.15) is 11.8 Å². The number of rotatable bonds is 7. The number of carboxylic acid groups (broad SMARTS) is 1. The third-order valence-electron chi connectivity index (χ3n) is 2.99. The standard InChI is InChI=1S/C14H22N2O3/c1-4-19-11-7-5-10(6-8-11)13(16(2)3)9-12(15)14(17)18/h5-8,12-13H,4,9,15H2,1-3H3,(H,17,18). The third kappa shape index (κ3) is 4.54. The maximum atomic E-state index is 10.9. The van der Waals surface area contributed by atoms with Gasteiger partial charge in [0.25, 0.3) is 0 Å². The molecule has 1 aromatic carbocycles. The van der Waals surface area contributed by atoms with Gasteiger partial charge in [0.15, 0.2) is 0 Å². The highest BCUT2D eigenvalue weighted by Gasteiger charge is 2.21. The molecule has 0 spiro atoms. The van der Waals surface area contributed by atoms with Gasteiger partial charge >= 0.3 is 5.97 Å². The van der Waals surface area contributed by atoms with Crippen LogP contribution < -0.4 is 10.5 Å². The second kappa shape index (κ2) is 7.11. The first-order valence-corrected chi connectivity index (χ1v) is 6.33. The largest absolute Gasteiger partial charge is 0.494 e. The Morgan fingerprint density at radius 3 is 2.37 bits per heavy atom. The molecule has 0 aromatic heterocycles. The SMILES string of the molecule is CCOc1ccc(C(CC(N)C(=O)O)N(C)C)cc1. The number of ether oxygens (including phenoxy) is 1. The normalized spacial score (nSPS) is 14.2. The van der Waals surface area contributed by atoms with Crippen LogP contribution in [0.1, 0.15) is 24.9 Å². The first kappa shape index (κ1) is 15.5. The van der Waals surface area contributed by atoms with Crippen molar-refractivity contribution in [2.75, 3.05) is 20.7 Å². The molecule has 1 aromatic rings. The van der Waals surface area contributed by atoms with E-state index in [-0.39, 0.29) is 6.04 Å². The van der Waals surface area contributed by atoms with E-state index in [4.69, 9.17) is 15.6 Å². The molecule has 0 radical (unpaired) electrons. The van der Waals surface area contributed by atoms with Crippen molar-refractivity contribution in [1.29, 1.82) is 0 Å². The zero-order valence-corrected chi connectivity index (χ0v) is 11.7. The molecule has 0 aliphatic heterocycles. The van der Waals surface area contributed by atoms with Crippen molar-refractivity contribution >= 4 is 5.97 Å². The van der Waals surface area contributed by atoms with Gasteiger partial charge < -0.3 is 20.5 Å². The highest BCUT2D eigenvalue weighted by atomic mass is 16.5. The Morgan fingerprint density at radius 1 is 1.37 bits per heavy atom. The van der Waals surface area contributed by atoms with E-state index in [1.165, 1.54) is 0 Å². The molecule has 0 saturated heterocycles. The summed E-state index contributed by atoms with van der Waals surface area (Å²) >= 11 is 0. The Labute approximate surface area is 114 Å². The predicted molar refractivity (Wildman–Crippen MR) is 74.3 cm³/mol. The van der Waals surface area contributed by atoms with E-state index in [2.05, 4.69) is 0 Å². The number of hydrogen-bond acceptors (Lipinski definition) is 4. The molecule has 0 bridgehead atoms. The van der Waals surface area contributed by atoms with Crippen LogP contribution in [0.15, 0.2) is 24.3 Å². The van der Waals surface area contributed by atoms with E-state index in [9.17, 15) is 4.79 Å². The Kier molecular flexibility index (Phi) is 5.79. The topological polar surface area (TPSA) is 75.8 Å². The fourth-order valence-electron chi connectivity index (χ4n) is 1.94. The number of nitrogens with zero attached hydrogens (tertiary/aromatic N) is 1. The Bertz CT molecular complexity index is 404. The van der Waals surface area contributed by atoms with Crippen molar-refractivity contribution in [1.82, 2.24) is 4.90 Å². The lowest BCUT2D eigenvalue weighted by Gasteiger charge is -2.26. The summed E-state index contributed by atoms with van der Waals surface area (Å²) < 4.78 is 5.39. The summed E-state index contributed by atoms with van der Waals surface area (Å²) in [6.45, 7) is 2.56. The van der Waals surface area contributed by atoms with Gasteiger partial charge in [-0.1, -0.05) is 12.1 Å². The summed E-state index contributed by atoms with van der Waals surface area (Å²) in [4.78, 5) is 12.8. The van der Waals surface area contributed by atoms with Crippen molar-refractivity contribution in [2.24, 2.45) is 5.73 Å². The molecule has 19 heavy (non-hydrogen) atoms. The van der Waals surface area contributed by atoms with Crippen LogP contribution in [0.3, 0.4) is 0 Å². The second-order valence-electron chi connectivity index (χ2n) is 4.66. The van der Waals surface area contributed by atoms with Crippen LogP contribution in [0.4, 0.5) is 0 Å². The van der Waals surface area contributed by atoms with E-state index < -0.39 is 12.0 Å². The minimum atomic E-state index is -0.974. The monoisotopic (exact) mass is 266 g/mol. The molecular weight excluding hydrogens is 244 g/mol. The van der Waals surface area contributed by atoms with Crippen LogP contribution in [0, 0.1) is 0 Å². The maximum absolute atomic E-state index is 10.9. The molecule has 0 aliphatic carbocycles. The Balaban J connectivity index is 2.84. The number of benzene rings is 1. The Morgan fingerprint density at radius 2 is 1.95 bits per heavy atom. The van der Waals surface area contributed by atoms with E-state index in [1.807, 2.05) is 50.2 Å². The van der Waals surface area contributed by atoms with Gasteiger partial charge in [0.05, 0.1) is 6.61 Å². The highest BCUT2D eigenvalue weighted by Crippen LogP contribution is 2.25. The van der Waals surface area contributed by atoms with Crippen LogP contribution in [-0.4, -0.2) is 42.7 Å². The van der Waals surface area contributed by atoms with Gasteiger partial charge in [0, 0.05) is 6.04 Å². The highest BCUT2D eigenvalue weighted by molar-refractivity contribution is 5.73. The van der Waals surface area contributed by atoms with Gasteiger partial charge in [-0.3, -0.25) is 4.79 Å². The van der Waals surface area contributed by atoms with Gasteiger partial charge in [-0.2, -0.15) is 0 Å². The van der Waals surface area contributed by atoms with Crippen LogP contribution in [-0.2, 0) is 4.79 Å². The van der Waals surface area contributed by atoms with Gasteiger partial charge in [-0.15, -0.1) is 0 Å². The minimum absolute atomic E-state index is 0.0261. The second-order valence-corrected chi connectivity index (χ2v) is 4.66. The first-order valence-electron chi connectivity index (χ1n) is 6.33. The van der Waals surface area contributed by atoms with Crippen molar-refractivity contribution in [3.05, 3.63) is 29.8 Å².